The summed E-state index contributed by atoms with van der Waals surface area (Å²) in [6, 6.07) is 0.788. The molecule has 0 radical (unpaired) electrons. The van der Waals surface area contributed by atoms with Crippen molar-refractivity contribution in [3.05, 3.63) is 0 Å². The molecule has 1 N–H and O–H groups in total. The number of likely N-dealkylation sites (N-methyl/N-ethyl adjacent to an activating group) is 1. The van der Waals surface area contributed by atoms with E-state index in [4.69, 9.17) is 0 Å². The van der Waals surface area contributed by atoms with Crippen molar-refractivity contribution in [2.75, 3.05) is 46.3 Å². The predicted octanol–water partition coefficient (Wildman–Crippen LogP) is 2.18. The Morgan fingerprint density at radius 3 is 2.63 bits per heavy atom. The molecule has 1 saturated carbocycles. The van der Waals surface area contributed by atoms with Crippen molar-refractivity contribution in [1.29, 1.82) is 0 Å². The molecule has 1 heterocycles. The maximum Gasteiger partial charge on any atom is 0.0109 e. The van der Waals surface area contributed by atoms with Gasteiger partial charge >= 0.3 is 0 Å². The van der Waals surface area contributed by atoms with Gasteiger partial charge in [0.05, 0.1) is 0 Å². The highest BCUT2D eigenvalue weighted by molar-refractivity contribution is 4.76. The minimum Gasteiger partial charge on any atom is -0.313 e. The second kappa shape index (κ2) is 8.23. The van der Waals surface area contributed by atoms with E-state index in [1.165, 1.54) is 71.2 Å². The first-order chi connectivity index (χ1) is 9.24. The van der Waals surface area contributed by atoms with Gasteiger partial charge in [-0.15, -0.1) is 0 Å². The third-order valence-corrected chi connectivity index (χ3v) is 4.86. The van der Waals surface area contributed by atoms with Crippen LogP contribution in [0.1, 0.15) is 45.4 Å². The summed E-state index contributed by atoms with van der Waals surface area (Å²) in [6.45, 7) is 9.89. The summed E-state index contributed by atoms with van der Waals surface area (Å²) in [5.41, 5.74) is 0. The van der Waals surface area contributed by atoms with Crippen LogP contribution >= 0.6 is 0 Å². The van der Waals surface area contributed by atoms with Crippen molar-refractivity contribution in [3.8, 4) is 0 Å². The first kappa shape index (κ1) is 15.3. The number of hydrogen-bond acceptors (Lipinski definition) is 3. The van der Waals surface area contributed by atoms with Crippen LogP contribution in [-0.2, 0) is 0 Å². The molecule has 1 saturated heterocycles. The van der Waals surface area contributed by atoms with E-state index in [0.29, 0.717) is 0 Å². The van der Waals surface area contributed by atoms with Crippen molar-refractivity contribution in [1.82, 2.24) is 15.1 Å². The predicted molar refractivity (Wildman–Crippen MR) is 82.6 cm³/mol. The van der Waals surface area contributed by atoms with Gasteiger partial charge in [0.25, 0.3) is 0 Å². The van der Waals surface area contributed by atoms with Gasteiger partial charge in [-0.25, -0.2) is 0 Å². The Balaban J connectivity index is 1.49. The fraction of sp³-hybridized carbons (Fsp3) is 1.00. The average molecular weight is 267 g/mol. The van der Waals surface area contributed by atoms with Crippen molar-refractivity contribution in [3.63, 3.8) is 0 Å². The van der Waals surface area contributed by atoms with Crippen molar-refractivity contribution in [2.45, 2.75) is 51.5 Å². The molecule has 3 heteroatoms. The largest absolute Gasteiger partial charge is 0.313 e. The maximum atomic E-state index is 3.76. The van der Waals surface area contributed by atoms with Gasteiger partial charge in [-0.2, -0.15) is 0 Å². The summed E-state index contributed by atoms with van der Waals surface area (Å²) >= 11 is 0. The standard InChI is InChI=1S/C16H33N3/c1-15-6-5-7-16(14-15)17-8-11-18(2)12-13-19-9-3-4-10-19/h15-17H,3-14H2,1-2H3. The molecule has 0 aromatic heterocycles. The molecule has 0 aromatic carbocycles. The molecule has 112 valence electrons. The Kier molecular flexibility index (Phi) is 6.62. The summed E-state index contributed by atoms with van der Waals surface area (Å²) in [6.07, 6.45) is 8.45. The van der Waals surface area contributed by atoms with E-state index in [1.54, 1.807) is 0 Å². The fourth-order valence-corrected chi connectivity index (χ4v) is 3.51. The molecule has 2 unspecified atom stereocenters. The first-order valence-corrected chi connectivity index (χ1v) is 8.38. The van der Waals surface area contributed by atoms with Gasteiger partial charge in [0, 0.05) is 32.2 Å². The molecule has 0 spiro atoms. The quantitative estimate of drug-likeness (QED) is 0.763. The van der Waals surface area contributed by atoms with Gasteiger partial charge in [0.15, 0.2) is 0 Å². The van der Waals surface area contributed by atoms with E-state index < -0.39 is 0 Å². The number of rotatable bonds is 7. The van der Waals surface area contributed by atoms with Crippen molar-refractivity contribution < 1.29 is 0 Å². The van der Waals surface area contributed by atoms with Gasteiger partial charge in [-0.1, -0.05) is 19.8 Å². The minimum absolute atomic E-state index is 0.788. The summed E-state index contributed by atoms with van der Waals surface area (Å²) in [5, 5.41) is 3.76. The van der Waals surface area contributed by atoms with Crippen LogP contribution in [0.15, 0.2) is 0 Å². The van der Waals surface area contributed by atoms with Crippen LogP contribution < -0.4 is 5.32 Å². The van der Waals surface area contributed by atoms with Crippen molar-refractivity contribution >= 4 is 0 Å². The van der Waals surface area contributed by atoms with E-state index >= 15 is 0 Å². The van der Waals surface area contributed by atoms with E-state index in [1.807, 2.05) is 0 Å². The Hall–Kier alpha value is -0.120. The number of hydrogen-bond donors (Lipinski definition) is 1. The molecule has 2 atom stereocenters. The lowest BCUT2D eigenvalue weighted by atomic mass is 9.87. The topological polar surface area (TPSA) is 18.5 Å². The highest BCUT2D eigenvalue weighted by Crippen LogP contribution is 2.23. The number of nitrogens with one attached hydrogen (secondary N) is 1. The second-order valence-electron chi connectivity index (χ2n) is 6.77. The van der Waals surface area contributed by atoms with Crippen LogP contribution in [0.2, 0.25) is 0 Å². The zero-order valence-electron chi connectivity index (χ0n) is 13.0. The smallest absolute Gasteiger partial charge is 0.0109 e. The maximum absolute atomic E-state index is 3.76. The molecule has 2 aliphatic rings. The highest BCUT2D eigenvalue weighted by atomic mass is 15.2. The molecule has 2 rings (SSSR count). The highest BCUT2D eigenvalue weighted by Gasteiger charge is 2.18. The molecule has 0 amide bonds. The van der Waals surface area contributed by atoms with E-state index in [-0.39, 0.29) is 0 Å². The number of nitrogens with zero attached hydrogens (tertiary/aromatic N) is 2. The van der Waals surface area contributed by atoms with Crippen LogP contribution in [0.25, 0.3) is 0 Å². The van der Waals surface area contributed by atoms with Crippen molar-refractivity contribution in [2.24, 2.45) is 5.92 Å². The second-order valence-corrected chi connectivity index (χ2v) is 6.77. The van der Waals surface area contributed by atoms with E-state index in [0.717, 1.165) is 18.5 Å². The Morgan fingerprint density at radius 2 is 1.89 bits per heavy atom. The average Bonchev–Trinajstić information content (AvgIpc) is 2.89. The summed E-state index contributed by atoms with van der Waals surface area (Å²) in [4.78, 5) is 5.09. The molecule has 2 fully saturated rings. The zero-order chi connectivity index (χ0) is 13.5. The van der Waals surface area contributed by atoms with Crippen LogP contribution in [0, 0.1) is 5.92 Å². The van der Waals surface area contributed by atoms with Crippen LogP contribution in [0.5, 0.6) is 0 Å². The Labute approximate surface area is 119 Å². The molecule has 19 heavy (non-hydrogen) atoms. The van der Waals surface area contributed by atoms with E-state index in [2.05, 4.69) is 29.1 Å². The normalized spacial score (nSPS) is 29.2. The molecule has 1 aliphatic heterocycles. The third kappa shape index (κ3) is 5.80. The van der Waals surface area contributed by atoms with E-state index in [9.17, 15) is 0 Å². The molecule has 3 nitrogen and oxygen atoms in total. The summed E-state index contributed by atoms with van der Waals surface area (Å²) in [7, 11) is 2.27. The van der Waals surface area contributed by atoms with Gasteiger partial charge in [0.2, 0.25) is 0 Å². The van der Waals surface area contributed by atoms with Crippen LogP contribution in [0.4, 0.5) is 0 Å². The lowest BCUT2D eigenvalue weighted by Crippen LogP contribution is -2.40. The lowest BCUT2D eigenvalue weighted by Gasteiger charge is -2.28. The molecule has 1 aliphatic carbocycles. The molecule has 0 aromatic rings. The molecular weight excluding hydrogens is 234 g/mol. The van der Waals surface area contributed by atoms with Crippen LogP contribution in [-0.4, -0.2) is 62.2 Å². The monoisotopic (exact) mass is 267 g/mol. The first-order valence-electron chi connectivity index (χ1n) is 8.38. The van der Waals surface area contributed by atoms with Gasteiger partial charge in [-0.3, -0.25) is 0 Å². The Morgan fingerprint density at radius 1 is 1.11 bits per heavy atom. The van der Waals surface area contributed by atoms with Gasteiger partial charge in [0.1, 0.15) is 0 Å². The SMILES string of the molecule is CC1CCCC(NCCN(C)CCN2CCCC2)C1. The zero-order valence-corrected chi connectivity index (χ0v) is 13.0. The lowest BCUT2D eigenvalue weighted by molar-refractivity contribution is 0.245. The van der Waals surface area contributed by atoms with Gasteiger partial charge < -0.3 is 15.1 Å². The molecule has 0 bridgehead atoms. The fourth-order valence-electron chi connectivity index (χ4n) is 3.51. The van der Waals surface area contributed by atoms with Crippen LogP contribution in [0.3, 0.4) is 0 Å². The number of likely N-dealkylation sites (tertiary alicyclic amines) is 1. The minimum atomic E-state index is 0.788. The summed E-state index contributed by atoms with van der Waals surface area (Å²) in [5.74, 6) is 0.930. The third-order valence-electron chi connectivity index (χ3n) is 4.86. The van der Waals surface area contributed by atoms with Gasteiger partial charge in [-0.05, 0) is 51.7 Å². The summed E-state index contributed by atoms with van der Waals surface area (Å²) < 4.78 is 0. The Bertz CT molecular complexity index is 238. The molecular formula is C16H33N3.